The van der Waals surface area contributed by atoms with Crippen LogP contribution in [0.2, 0.25) is 0 Å². The van der Waals surface area contributed by atoms with Crippen LogP contribution in [0.15, 0.2) is 11.3 Å². The van der Waals surface area contributed by atoms with Crippen LogP contribution >= 0.6 is 0 Å². The van der Waals surface area contributed by atoms with Crippen LogP contribution in [0.4, 0.5) is 0 Å². The van der Waals surface area contributed by atoms with Gasteiger partial charge in [0.25, 0.3) is 5.91 Å². The number of β-lactam (4-membered cyclic amide) rings is 1. The van der Waals surface area contributed by atoms with Gasteiger partial charge in [0.1, 0.15) is 17.9 Å². The molecule has 0 radical (unpaired) electrons. The zero-order valence-electron chi connectivity index (χ0n) is 14.7. The van der Waals surface area contributed by atoms with Gasteiger partial charge in [0, 0.05) is 19.6 Å². The van der Waals surface area contributed by atoms with E-state index >= 15 is 0 Å². The Balaban J connectivity index is 2.49. The smallest absolute Gasteiger partial charge is 0.355 e. The van der Waals surface area contributed by atoms with Crippen molar-refractivity contribution in [3.8, 4) is 0 Å². The van der Waals surface area contributed by atoms with E-state index in [1.165, 1.54) is 7.11 Å². The summed E-state index contributed by atoms with van der Waals surface area (Å²) >= 11 is 0. The molecule has 0 spiro atoms. The van der Waals surface area contributed by atoms with E-state index in [2.05, 4.69) is 0 Å². The second-order valence-corrected chi connectivity index (χ2v) is 8.89. The molecule has 0 aromatic heterocycles. The highest BCUT2D eigenvalue weighted by Gasteiger charge is 2.60. The van der Waals surface area contributed by atoms with Gasteiger partial charge >= 0.3 is 11.9 Å². The zero-order valence-corrected chi connectivity index (χ0v) is 15.5. The second-order valence-electron chi connectivity index (χ2n) is 6.80. The summed E-state index contributed by atoms with van der Waals surface area (Å²) in [4.78, 5) is 36.8. The first kappa shape index (κ1) is 19.4. The lowest BCUT2D eigenvalue weighted by atomic mass is 10.1. The molecule has 140 valence electrons. The minimum absolute atomic E-state index is 0.00334. The van der Waals surface area contributed by atoms with E-state index in [-0.39, 0.29) is 11.3 Å². The third-order valence-corrected chi connectivity index (χ3v) is 5.55. The van der Waals surface area contributed by atoms with Crippen molar-refractivity contribution in [1.82, 2.24) is 4.90 Å². The topological polar surface area (TPSA) is 116 Å². The van der Waals surface area contributed by atoms with Crippen LogP contribution in [0.25, 0.3) is 0 Å². The van der Waals surface area contributed by atoms with E-state index in [0.29, 0.717) is 0 Å². The van der Waals surface area contributed by atoms with Crippen LogP contribution in [0.1, 0.15) is 27.7 Å². The molecule has 2 heterocycles. The van der Waals surface area contributed by atoms with E-state index in [0.717, 1.165) is 11.8 Å². The number of hydrogen-bond acceptors (Lipinski definition) is 8. The maximum absolute atomic E-state index is 12.6. The molecule has 9 nitrogen and oxygen atoms in total. The van der Waals surface area contributed by atoms with Crippen molar-refractivity contribution in [2.24, 2.45) is 0 Å². The molecule has 1 saturated heterocycles. The van der Waals surface area contributed by atoms with Gasteiger partial charge in [0.05, 0.1) is 5.75 Å². The highest BCUT2D eigenvalue weighted by molar-refractivity contribution is 7.92. The number of sulfone groups is 1. The van der Waals surface area contributed by atoms with Crippen molar-refractivity contribution < 1.29 is 37.0 Å². The molecule has 0 N–H and O–H groups in total. The molecule has 25 heavy (non-hydrogen) atoms. The van der Waals surface area contributed by atoms with Gasteiger partial charge in [-0.05, 0) is 20.8 Å². The van der Waals surface area contributed by atoms with Gasteiger partial charge in [-0.3, -0.25) is 14.5 Å². The summed E-state index contributed by atoms with van der Waals surface area (Å²) < 4.78 is 40.0. The minimum atomic E-state index is -3.80. The highest BCUT2D eigenvalue weighted by atomic mass is 32.2. The summed E-state index contributed by atoms with van der Waals surface area (Å²) in [6.45, 7) is 5.67. The van der Waals surface area contributed by atoms with Crippen LogP contribution < -0.4 is 0 Å². The van der Waals surface area contributed by atoms with Gasteiger partial charge in [-0.25, -0.2) is 13.2 Å². The quantitative estimate of drug-likeness (QED) is 0.488. The van der Waals surface area contributed by atoms with E-state index in [1.54, 1.807) is 20.8 Å². The standard InChI is InChI=1S/C15H21NO8S/c1-8(17)23-6-9-7-25(20,21)13-11(22-5)12(18)16(13)10(9)14(19)24-15(2,3)4/h11,13H,6-7H2,1-5H3/t11-,13-/m1/s1. The Morgan fingerprint density at radius 3 is 2.36 bits per heavy atom. The number of fused-ring (bicyclic) bond motifs is 1. The Kier molecular flexibility index (Phi) is 4.97. The van der Waals surface area contributed by atoms with Crippen molar-refractivity contribution in [2.75, 3.05) is 19.5 Å². The fourth-order valence-corrected chi connectivity index (χ4v) is 4.69. The largest absolute Gasteiger partial charge is 0.461 e. The summed E-state index contributed by atoms with van der Waals surface area (Å²) in [5.41, 5.74) is -1.05. The van der Waals surface area contributed by atoms with E-state index < -0.39 is 57.1 Å². The number of carbonyl (C=O) groups is 3. The van der Waals surface area contributed by atoms with Gasteiger partial charge in [0.15, 0.2) is 21.3 Å². The van der Waals surface area contributed by atoms with Crippen molar-refractivity contribution >= 4 is 27.7 Å². The number of esters is 2. The minimum Gasteiger partial charge on any atom is -0.461 e. The number of hydrogen-bond donors (Lipinski definition) is 0. The number of methoxy groups -OCH3 is 1. The SMILES string of the molecule is CO[C@@H]1C(=O)N2C(C(=O)OC(C)(C)C)=C(COC(C)=O)CS(=O)(=O)[C@H]12. The van der Waals surface area contributed by atoms with Gasteiger partial charge in [-0.15, -0.1) is 0 Å². The summed E-state index contributed by atoms with van der Waals surface area (Å²) in [6.07, 6.45) is -1.17. The Morgan fingerprint density at radius 2 is 1.88 bits per heavy atom. The summed E-state index contributed by atoms with van der Waals surface area (Å²) in [5, 5.41) is -1.28. The molecule has 0 unspecified atom stereocenters. The monoisotopic (exact) mass is 375 g/mol. The first-order valence-electron chi connectivity index (χ1n) is 7.55. The average Bonchev–Trinajstić information content (AvgIpc) is 2.43. The molecular formula is C15H21NO8S. The van der Waals surface area contributed by atoms with E-state index in [4.69, 9.17) is 14.2 Å². The third-order valence-electron chi connectivity index (χ3n) is 3.61. The van der Waals surface area contributed by atoms with Gasteiger partial charge in [-0.2, -0.15) is 0 Å². The Bertz CT molecular complexity index is 746. The van der Waals surface area contributed by atoms with Gasteiger partial charge < -0.3 is 14.2 Å². The van der Waals surface area contributed by atoms with Gasteiger partial charge in [-0.1, -0.05) is 0 Å². The van der Waals surface area contributed by atoms with Crippen LogP contribution in [0, 0.1) is 0 Å². The Morgan fingerprint density at radius 1 is 1.28 bits per heavy atom. The van der Waals surface area contributed by atoms with E-state index in [1.807, 2.05) is 0 Å². The fourth-order valence-electron chi connectivity index (χ4n) is 2.68. The molecule has 0 aliphatic carbocycles. The molecule has 10 heteroatoms. The van der Waals surface area contributed by atoms with Crippen molar-refractivity contribution in [3.63, 3.8) is 0 Å². The summed E-state index contributed by atoms with van der Waals surface area (Å²) in [7, 11) is -2.58. The predicted molar refractivity (Wildman–Crippen MR) is 84.7 cm³/mol. The highest BCUT2D eigenvalue weighted by Crippen LogP contribution is 2.38. The normalized spacial score (nSPS) is 25.2. The second kappa shape index (κ2) is 6.41. The molecule has 2 aliphatic heterocycles. The maximum atomic E-state index is 12.6. The maximum Gasteiger partial charge on any atom is 0.355 e. The van der Waals surface area contributed by atoms with Crippen molar-refractivity contribution in [3.05, 3.63) is 11.3 Å². The lowest BCUT2D eigenvalue weighted by Crippen LogP contribution is -2.70. The first-order chi connectivity index (χ1) is 11.4. The Labute approximate surface area is 145 Å². The molecule has 2 rings (SSSR count). The van der Waals surface area contributed by atoms with Crippen LogP contribution in [0.3, 0.4) is 0 Å². The molecule has 0 saturated carbocycles. The van der Waals surface area contributed by atoms with Crippen LogP contribution in [0.5, 0.6) is 0 Å². The number of rotatable bonds is 4. The summed E-state index contributed by atoms with van der Waals surface area (Å²) in [5.74, 6) is -2.67. The zero-order chi connectivity index (χ0) is 19.2. The summed E-state index contributed by atoms with van der Waals surface area (Å²) in [6, 6.07) is 0. The molecule has 2 aliphatic rings. The molecule has 0 bridgehead atoms. The number of carbonyl (C=O) groups excluding carboxylic acids is 3. The van der Waals surface area contributed by atoms with Crippen LogP contribution in [-0.2, 0) is 38.4 Å². The molecule has 1 amide bonds. The van der Waals surface area contributed by atoms with E-state index in [9.17, 15) is 22.8 Å². The van der Waals surface area contributed by atoms with Crippen molar-refractivity contribution in [1.29, 1.82) is 0 Å². The first-order valence-corrected chi connectivity index (χ1v) is 9.27. The average molecular weight is 375 g/mol. The molecule has 0 aromatic carbocycles. The number of ether oxygens (including phenoxy) is 3. The van der Waals surface area contributed by atoms with Gasteiger partial charge in [0.2, 0.25) is 0 Å². The molecular weight excluding hydrogens is 354 g/mol. The fraction of sp³-hybridized carbons (Fsp3) is 0.667. The predicted octanol–water partition coefficient (Wildman–Crippen LogP) is -0.243. The number of nitrogens with zero attached hydrogens (tertiary/aromatic N) is 1. The van der Waals surface area contributed by atoms with Crippen LogP contribution in [-0.4, -0.2) is 67.7 Å². The molecule has 2 atom stereocenters. The number of amides is 1. The molecule has 0 aromatic rings. The van der Waals surface area contributed by atoms with Crippen molar-refractivity contribution in [2.45, 2.75) is 44.8 Å². The lowest BCUT2D eigenvalue weighted by Gasteiger charge is -2.48. The lowest BCUT2D eigenvalue weighted by molar-refractivity contribution is -0.167. The molecule has 1 fully saturated rings. The Hall–Kier alpha value is -1.94. The third kappa shape index (κ3) is 3.69.